The molecule has 1 aromatic carbocycles. The molecule has 0 fully saturated rings. The molecule has 0 saturated carbocycles. The molecule has 0 bridgehead atoms. The molecule has 0 unspecified atom stereocenters. The van der Waals surface area contributed by atoms with Crippen LogP contribution in [0.5, 0.6) is 5.75 Å². The van der Waals surface area contributed by atoms with Gasteiger partial charge in [0.2, 0.25) is 10.0 Å². The second kappa shape index (κ2) is 7.47. The minimum Gasteiger partial charge on any atom is -0.494 e. The van der Waals surface area contributed by atoms with Gasteiger partial charge in [0.05, 0.1) is 26.2 Å². The van der Waals surface area contributed by atoms with Crippen molar-refractivity contribution in [1.82, 2.24) is 14.8 Å². The number of rotatable bonds is 6. The van der Waals surface area contributed by atoms with E-state index in [0.717, 1.165) is 17.2 Å². The van der Waals surface area contributed by atoms with Crippen LogP contribution in [0.2, 0.25) is 0 Å². The Kier molecular flexibility index (Phi) is 5.23. The molecule has 0 atom stereocenters. The van der Waals surface area contributed by atoms with Crippen molar-refractivity contribution in [2.24, 2.45) is 0 Å². The number of sulfonamides is 1. The lowest BCUT2D eigenvalue weighted by molar-refractivity contribution is 0.0527. The van der Waals surface area contributed by atoms with Crippen LogP contribution in [0, 0.1) is 6.92 Å². The van der Waals surface area contributed by atoms with E-state index < -0.39 is 16.0 Å². The quantitative estimate of drug-likeness (QED) is 0.627. The number of benzene rings is 1. The highest BCUT2D eigenvalue weighted by atomic mass is 32.2. The number of aromatic nitrogens is 3. The standard InChI is InChI=1S/C18H20N4O5S/c1-5-27-18(23)13-10-19-22(17(13)21-28(4,24)25)15-9-11(2)12-7-6-8-14(26-3)16(12)20-15/h6-10,21H,5H2,1-4H3. The highest BCUT2D eigenvalue weighted by Crippen LogP contribution is 2.29. The van der Waals surface area contributed by atoms with Crippen molar-refractivity contribution in [3.05, 3.63) is 41.6 Å². The number of nitrogens with one attached hydrogen (secondary N) is 1. The highest BCUT2D eigenvalue weighted by molar-refractivity contribution is 7.92. The van der Waals surface area contributed by atoms with Gasteiger partial charge in [0.1, 0.15) is 16.8 Å². The molecule has 0 saturated heterocycles. The molecule has 3 rings (SSSR count). The lowest BCUT2D eigenvalue weighted by Crippen LogP contribution is -2.17. The number of nitrogens with zero attached hydrogens (tertiary/aromatic N) is 3. The summed E-state index contributed by atoms with van der Waals surface area (Å²) in [6.45, 7) is 3.70. The molecule has 0 amide bonds. The van der Waals surface area contributed by atoms with E-state index in [1.165, 1.54) is 10.9 Å². The number of carbonyl (C=O) groups excluding carboxylic acids is 1. The Morgan fingerprint density at radius 2 is 2.07 bits per heavy atom. The number of aryl methyl sites for hydroxylation is 1. The molecule has 148 valence electrons. The second-order valence-electron chi connectivity index (χ2n) is 6.07. The van der Waals surface area contributed by atoms with E-state index in [9.17, 15) is 13.2 Å². The molecule has 9 nitrogen and oxygen atoms in total. The Bertz CT molecular complexity index is 1150. The summed E-state index contributed by atoms with van der Waals surface area (Å²) in [6.07, 6.45) is 2.23. The summed E-state index contributed by atoms with van der Waals surface area (Å²) in [4.78, 5) is 16.8. The predicted molar refractivity (Wildman–Crippen MR) is 105 cm³/mol. The van der Waals surface area contributed by atoms with Crippen molar-refractivity contribution < 1.29 is 22.7 Å². The Balaban J connectivity index is 2.24. The third-order valence-electron chi connectivity index (χ3n) is 3.98. The van der Waals surface area contributed by atoms with E-state index in [2.05, 4.69) is 14.8 Å². The molecule has 1 N–H and O–H groups in total. The molecule has 10 heteroatoms. The van der Waals surface area contributed by atoms with E-state index in [1.54, 1.807) is 26.2 Å². The number of methoxy groups -OCH3 is 1. The maximum absolute atomic E-state index is 12.2. The summed E-state index contributed by atoms with van der Waals surface area (Å²) >= 11 is 0. The van der Waals surface area contributed by atoms with Crippen LogP contribution in [-0.2, 0) is 14.8 Å². The summed E-state index contributed by atoms with van der Waals surface area (Å²) in [6, 6.07) is 7.30. The van der Waals surface area contributed by atoms with Crippen molar-refractivity contribution in [2.45, 2.75) is 13.8 Å². The zero-order valence-corrected chi connectivity index (χ0v) is 16.7. The van der Waals surface area contributed by atoms with Gasteiger partial charge in [-0.25, -0.2) is 18.2 Å². The normalized spacial score (nSPS) is 11.4. The largest absolute Gasteiger partial charge is 0.494 e. The van der Waals surface area contributed by atoms with Gasteiger partial charge in [-0.3, -0.25) is 4.72 Å². The number of anilines is 1. The summed E-state index contributed by atoms with van der Waals surface area (Å²) < 4.78 is 37.7. The fraction of sp³-hybridized carbons (Fsp3) is 0.278. The molecule has 28 heavy (non-hydrogen) atoms. The van der Waals surface area contributed by atoms with Crippen molar-refractivity contribution in [3.8, 4) is 11.6 Å². The molecular weight excluding hydrogens is 384 g/mol. The monoisotopic (exact) mass is 404 g/mol. The Morgan fingerprint density at radius 3 is 2.71 bits per heavy atom. The lowest BCUT2D eigenvalue weighted by Gasteiger charge is -2.13. The van der Waals surface area contributed by atoms with Crippen LogP contribution < -0.4 is 9.46 Å². The number of fused-ring (bicyclic) bond motifs is 1. The summed E-state index contributed by atoms with van der Waals surface area (Å²) in [5.74, 6) is 0.172. The SMILES string of the molecule is CCOC(=O)c1cnn(-c2cc(C)c3cccc(OC)c3n2)c1NS(C)(=O)=O. The van der Waals surface area contributed by atoms with Gasteiger partial charge >= 0.3 is 5.97 Å². The first-order valence-electron chi connectivity index (χ1n) is 8.42. The summed E-state index contributed by atoms with van der Waals surface area (Å²) in [5.41, 5.74) is 1.47. The van der Waals surface area contributed by atoms with E-state index in [-0.39, 0.29) is 18.0 Å². The van der Waals surface area contributed by atoms with Crippen LogP contribution in [0.3, 0.4) is 0 Å². The lowest BCUT2D eigenvalue weighted by atomic mass is 10.1. The second-order valence-corrected chi connectivity index (χ2v) is 7.82. The summed E-state index contributed by atoms with van der Waals surface area (Å²) in [7, 11) is -2.14. The van der Waals surface area contributed by atoms with Crippen LogP contribution in [0.1, 0.15) is 22.8 Å². The Hall–Kier alpha value is -3.14. The number of ether oxygens (including phenoxy) is 2. The number of hydrogen-bond donors (Lipinski definition) is 1. The van der Waals surface area contributed by atoms with Gasteiger partial charge in [-0.1, -0.05) is 12.1 Å². The Morgan fingerprint density at radius 1 is 1.32 bits per heavy atom. The maximum atomic E-state index is 12.2. The van der Waals surface area contributed by atoms with E-state index in [0.29, 0.717) is 17.1 Å². The maximum Gasteiger partial charge on any atom is 0.343 e. The number of pyridine rings is 1. The summed E-state index contributed by atoms with van der Waals surface area (Å²) in [5, 5.41) is 5.05. The average molecular weight is 404 g/mol. The predicted octanol–water partition coefficient (Wildman–Crippen LogP) is 2.29. The smallest absolute Gasteiger partial charge is 0.343 e. The first kappa shape index (κ1) is 19.6. The number of esters is 1. The number of carbonyl (C=O) groups is 1. The minimum absolute atomic E-state index is 0.00754. The topological polar surface area (TPSA) is 112 Å². The van der Waals surface area contributed by atoms with E-state index >= 15 is 0 Å². The third kappa shape index (κ3) is 3.77. The highest BCUT2D eigenvalue weighted by Gasteiger charge is 2.23. The molecule has 2 heterocycles. The number of para-hydroxylation sites is 1. The minimum atomic E-state index is -3.69. The first-order chi connectivity index (χ1) is 13.2. The van der Waals surface area contributed by atoms with Gasteiger partial charge in [-0.15, -0.1) is 0 Å². The molecule has 0 aliphatic rings. The van der Waals surface area contributed by atoms with Crippen LogP contribution in [0.4, 0.5) is 5.82 Å². The van der Waals surface area contributed by atoms with Gasteiger partial charge in [-0.2, -0.15) is 9.78 Å². The van der Waals surface area contributed by atoms with E-state index in [4.69, 9.17) is 9.47 Å². The van der Waals surface area contributed by atoms with Gasteiger partial charge < -0.3 is 9.47 Å². The van der Waals surface area contributed by atoms with Crippen molar-refractivity contribution >= 4 is 32.7 Å². The zero-order chi connectivity index (χ0) is 20.5. The van der Waals surface area contributed by atoms with Gasteiger partial charge in [0, 0.05) is 5.39 Å². The van der Waals surface area contributed by atoms with Gasteiger partial charge in [0.25, 0.3) is 0 Å². The number of hydrogen-bond acceptors (Lipinski definition) is 7. The molecule has 3 aromatic rings. The fourth-order valence-corrected chi connectivity index (χ4v) is 3.35. The van der Waals surface area contributed by atoms with Crippen LogP contribution in [0.25, 0.3) is 16.7 Å². The van der Waals surface area contributed by atoms with Crippen LogP contribution >= 0.6 is 0 Å². The van der Waals surface area contributed by atoms with Gasteiger partial charge in [0.15, 0.2) is 11.6 Å². The van der Waals surface area contributed by atoms with Crippen molar-refractivity contribution in [3.63, 3.8) is 0 Å². The van der Waals surface area contributed by atoms with Crippen molar-refractivity contribution in [1.29, 1.82) is 0 Å². The van der Waals surface area contributed by atoms with Crippen LogP contribution in [-0.4, -0.2) is 49.1 Å². The van der Waals surface area contributed by atoms with Crippen LogP contribution in [0.15, 0.2) is 30.5 Å². The molecule has 0 aliphatic heterocycles. The molecule has 0 aliphatic carbocycles. The third-order valence-corrected chi connectivity index (χ3v) is 4.54. The fourth-order valence-electron chi connectivity index (χ4n) is 2.80. The molecule has 2 aromatic heterocycles. The molecule has 0 spiro atoms. The molecular formula is C18H20N4O5S. The first-order valence-corrected chi connectivity index (χ1v) is 10.3. The van der Waals surface area contributed by atoms with Crippen molar-refractivity contribution in [2.75, 3.05) is 24.7 Å². The Labute approximate surface area is 162 Å². The van der Waals surface area contributed by atoms with E-state index in [1.807, 2.05) is 19.1 Å². The molecule has 0 radical (unpaired) electrons. The van der Waals surface area contributed by atoms with Gasteiger partial charge in [-0.05, 0) is 31.5 Å². The average Bonchev–Trinajstić information content (AvgIpc) is 3.03. The zero-order valence-electron chi connectivity index (χ0n) is 15.9.